The zero-order valence-electron chi connectivity index (χ0n) is 15.1. The molecule has 0 bridgehead atoms. The molecule has 28 heavy (non-hydrogen) atoms. The predicted octanol–water partition coefficient (Wildman–Crippen LogP) is 3.41. The van der Waals surface area contributed by atoms with E-state index in [2.05, 4.69) is 47.8 Å². The summed E-state index contributed by atoms with van der Waals surface area (Å²) >= 11 is 3.58. The minimum Gasteiger partial charge on any atom is -0.339 e. The van der Waals surface area contributed by atoms with E-state index in [0.29, 0.717) is 30.5 Å². The third kappa shape index (κ3) is 2.53. The lowest BCUT2D eigenvalue weighted by atomic mass is 10.1. The quantitative estimate of drug-likeness (QED) is 0.429. The average Bonchev–Trinajstić information content (AvgIpc) is 3.18. The molecular weight excluding hydrogens is 422 g/mol. The van der Waals surface area contributed by atoms with Crippen molar-refractivity contribution in [1.29, 1.82) is 0 Å². The molecule has 0 amide bonds. The Kier molecular flexibility index (Phi) is 3.37. The van der Waals surface area contributed by atoms with E-state index in [1.165, 1.54) is 0 Å². The largest absolute Gasteiger partial charge is 0.339 e. The van der Waals surface area contributed by atoms with Crippen molar-refractivity contribution < 1.29 is 4.52 Å². The second kappa shape index (κ2) is 5.84. The van der Waals surface area contributed by atoms with E-state index in [1.54, 1.807) is 0 Å². The smallest absolute Gasteiger partial charge is 0.229 e. The van der Waals surface area contributed by atoms with Crippen LogP contribution in [0.5, 0.6) is 0 Å². The van der Waals surface area contributed by atoms with Crippen molar-refractivity contribution in [2.75, 3.05) is 0 Å². The zero-order valence-corrected chi connectivity index (χ0v) is 16.7. The van der Waals surface area contributed by atoms with E-state index >= 15 is 0 Å². The molecule has 0 atom stereocenters. The van der Waals surface area contributed by atoms with Gasteiger partial charge in [0.2, 0.25) is 5.89 Å². The number of aromatic nitrogens is 7. The molecule has 6 rings (SSSR count). The molecule has 1 fully saturated rings. The molecule has 0 spiro atoms. The van der Waals surface area contributed by atoms with E-state index in [0.717, 1.165) is 51.7 Å². The fraction of sp³-hybridized carbons (Fsp3) is 0.316. The summed E-state index contributed by atoms with van der Waals surface area (Å²) in [6.45, 7) is 2.63. The van der Waals surface area contributed by atoms with Crippen LogP contribution in [0.1, 0.15) is 47.7 Å². The van der Waals surface area contributed by atoms with E-state index in [-0.39, 0.29) is 0 Å². The van der Waals surface area contributed by atoms with Crippen LogP contribution in [0.3, 0.4) is 0 Å². The number of hydrogen-bond donors (Lipinski definition) is 0. The summed E-state index contributed by atoms with van der Waals surface area (Å²) in [5.74, 6) is 3.35. The van der Waals surface area contributed by atoms with Crippen molar-refractivity contribution in [3.05, 3.63) is 57.9 Å². The molecular formula is C19H16BrN7O. The van der Waals surface area contributed by atoms with Gasteiger partial charge in [-0.15, -0.1) is 0 Å². The molecule has 0 unspecified atom stereocenters. The molecule has 1 saturated carbocycles. The van der Waals surface area contributed by atoms with E-state index in [9.17, 15) is 0 Å². The summed E-state index contributed by atoms with van der Waals surface area (Å²) in [5.41, 5.74) is 4.16. The number of imidazole rings is 1. The third-order valence-corrected chi connectivity index (χ3v) is 5.77. The Morgan fingerprint density at radius 2 is 2.11 bits per heavy atom. The van der Waals surface area contributed by atoms with Crippen molar-refractivity contribution in [2.24, 2.45) is 0 Å². The molecule has 0 radical (unpaired) electrons. The molecule has 140 valence electrons. The molecule has 0 saturated heterocycles. The van der Waals surface area contributed by atoms with Gasteiger partial charge in [0.15, 0.2) is 17.5 Å². The second-order valence-corrected chi connectivity index (χ2v) is 8.23. The first-order valence-electron chi connectivity index (χ1n) is 9.25. The van der Waals surface area contributed by atoms with Gasteiger partial charge in [-0.3, -0.25) is 0 Å². The van der Waals surface area contributed by atoms with Gasteiger partial charge in [-0.1, -0.05) is 21.1 Å². The lowest BCUT2D eigenvalue weighted by Gasteiger charge is -2.08. The number of rotatable bonds is 3. The minimum absolute atomic E-state index is 0.445. The fourth-order valence-electron chi connectivity index (χ4n) is 3.65. The Labute approximate surface area is 168 Å². The number of halogens is 1. The van der Waals surface area contributed by atoms with E-state index < -0.39 is 0 Å². The van der Waals surface area contributed by atoms with Crippen molar-refractivity contribution >= 4 is 15.9 Å². The van der Waals surface area contributed by atoms with Crippen LogP contribution in [-0.2, 0) is 13.0 Å². The minimum atomic E-state index is 0.445. The van der Waals surface area contributed by atoms with Gasteiger partial charge < -0.3 is 9.09 Å². The first-order valence-corrected chi connectivity index (χ1v) is 10.0. The molecule has 1 aliphatic carbocycles. The highest BCUT2D eigenvalue weighted by Gasteiger charge is 2.30. The number of benzene rings is 1. The molecule has 2 aliphatic rings. The number of fused-ring (bicyclic) bond motifs is 5. The Bertz CT molecular complexity index is 1220. The van der Waals surface area contributed by atoms with Gasteiger partial charge in [-0.2, -0.15) is 10.1 Å². The summed E-state index contributed by atoms with van der Waals surface area (Å²) in [5, 5.41) is 8.85. The third-order valence-electron chi connectivity index (χ3n) is 5.28. The van der Waals surface area contributed by atoms with Gasteiger partial charge in [0, 0.05) is 16.0 Å². The summed E-state index contributed by atoms with van der Waals surface area (Å²) in [6, 6.07) is 6.18. The number of hydrogen-bond acceptors (Lipinski definition) is 6. The zero-order chi connectivity index (χ0) is 18.8. The highest BCUT2D eigenvalue weighted by atomic mass is 79.9. The monoisotopic (exact) mass is 437 g/mol. The van der Waals surface area contributed by atoms with Crippen LogP contribution >= 0.6 is 15.9 Å². The molecule has 8 nitrogen and oxygen atoms in total. The second-order valence-electron chi connectivity index (χ2n) is 7.32. The van der Waals surface area contributed by atoms with Crippen LogP contribution in [-0.4, -0.2) is 34.5 Å². The van der Waals surface area contributed by atoms with Crippen molar-refractivity contribution in [2.45, 2.75) is 38.6 Å². The first kappa shape index (κ1) is 16.2. The molecule has 4 heterocycles. The SMILES string of the molecule is Cc1ncn2c1Cn1nc(Cc3noc(C4CC4)n3)nc1-c1cc(Br)ccc1-2. The lowest BCUT2D eigenvalue weighted by Crippen LogP contribution is -2.06. The van der Waals surface area contributed by atoms with Crippen LogP contribution in [0.4, 0.5) is 0 Å². The first-order chi connectivity index (χ1) is 13.7. The molecule has 1 aromatic carbocycles. The number of aryl methyl sites for hydroxylation is 1. The Hall–Kier alpha value is -2.81. The summed E-state index contributed by atoms with van der Waals surface area (Å²) in [7, 11) is 0. The standard InChI is InChI=1S/C19H16BrN7O/c1-10-15-8-27-18(13-6-12(20)4-5-14(13)26(15)9-21-10)22-16(24-27)7-17-23-19(28-25-17)11-2-3-11/h4-6,9,11H,2-3,7-8H2,1H3. The topological polar surface area (TPSA) is 87.5 Å². The Morgan fingerprint density at radius 1 is 1.21 bits per heavy atom. The predicted molar refractivity (Wildman–Crippen MR) is 103 cm³/mol. The van der Waals surface area contributed by atoms with Crippen molar-refractivity contribution in [3.8, 4) is 17.1 Å². The van der Waals surface area contributed by atoms with E-state index in [1.807, 2.05) is 24.0 Å². The van der Waals surface area contributed by atoms with Crippen molar-refractivity contribution in [3.63, 3.8) is 0 Å². The van der Waals surface area contributed by atoms with Gasteiger partial charge in [0.25, 0.3) is 0 Å². The summed E-state index contributed by atoms with van der Waals surface area (Å²) in [6.07, 6.45) is 4.59. The lowest BCUT2D eigenvalue weighted by molar-refractivity contribution is 0.374. The maximum atomic E-state index is 5.37. The Balaban J connectivity index is 1.44. The normalized spacial score (nSPS) is 15.1. The molecule has 4 aromatic rings. The van der Waals surface area contributed by atoms with E-state index in [4.69, 9.17) is 14.6 Å². The van der Waals surface area contributed by atoms with Crippen LogP contribution in [0.25, 0.3) is 17.1 Å². The fourth-order valence-corrected chi connectivity index (χ4v) is 4.01. The maximum Gasteiger partial charge on any atom is 0.229 e. The molecule has 0 N–H and O–H groups in total. The maximum absolute atomic E-state index is 5.37. The summed E-state index contributed by atoms with van der Waals surface area (Å²) < 4.78 is 10.4. The van der Waals surface area contributed by atoms with Crippen LogP contribution in [0, 0.1) is 6.92 Å². The molecule has 9 heteroatoms. The highest BCUT2D eigenvalue weighted by Crippen LogP contribution is 2.39. The van der Waals surface area contributed by atoms with Gasteiger partial charge >= 0.3 is 0 Å². The van der Waals surface area contributed by atoms with Gasteiger partial charge in [-0.05, 0) is 38.0 Å². The Morgan fingerprint density at radius 3 is 2.96 bits per heavy atom. The van der Waals surface area contributed by atoms with Gasteiger partial charge in [0.05, 0.1) is 36.4 Å². The van der Waals surface area contributed by atoms with Crippen LogP contribution in [0.15, 0.2) is 33.5 Å². The van der Waals surface area contributed by atoms with Gasteiger partial charge in [-0.25, -0.2) is 14.6 Å². The van der Waals surface area contributed by atoms with Gasteiger partial charge in [0.1, 0.15) is 0 Å². The molecule has 1 aliphatic heterocycles. The molecule has 3 aromatic heterocycles. The number of nitrogens with zero attached hydrogens (tertiary/aromatic N) is 7. The average molecular weight is 438 g/mol. The van der Waals surface area contributed by atoms with Crippen molar-refractivity contribution in [1.82, 2.24) is 34.5 Å². The van der Waals surface area contributed by atoms with Crippen LogP contribution < -0.4 is 0 Å². The highest BCUT2D eigenvalue weighted by molar-refractivity contribution is 9.10. The van der Waals surface area contributed by atoms with Crippen LogP contribution in [0.2, 0.25) is 0 Å². The summed E-state index contributed by atoms with van der Waals surface area (Å²) in [4.78, 5) is 13.8.